The fourth-order valence-electron chi connectivity index (χ4n) is 1.94. The van der Waals surface area contributed by atoms with Gasteiger partial charge in [0.05, 0.1) is 0 Å². The van der Waals surface area contributed by atoms with E-state index in [9.17, 15) is 0 Å². The van der Waals surface area contributed by atoms with Gasteiger partial charge in [0.15, 0.2) is 0 Å². The summed E-state index contributed by atoms with van der Waals surface area (Å²) in [5.74, 6) is 0.849. The lowest BCUT2D eigenvalue weighted by atomic mass is 10.0. The molecular weight excluding hydrogens is 138 g/mol. The van der Waals surface area contributed by atoms with Crippen molar-refractivity contribution in [3.8, 4) is 0 Å². The van der Waals surface area contributed by atoms with Gasteiger partial charge in [-0.3, -0.25) is 0 Å². The maximum Gasteiger partial charge on any atom is 0.0477 e. The lowest BCUT2D eigenvalue weighted by Gasteiger charge is -2.17. The van der Waals surface area contributed by atoms with Crippen molar-refractivity contribution < 1.29 is 0 Å². The summed E-state index contributed by atoms with van der Waals surface area (Å²) in [4.78, 5) is 0. The zero-order chi connectivity index (χ0) is 7.78. The number of rotatable bonds is 1. The molecule has 60 valence electrons. The van der Waals surface area contributed by atoms with Gasteiger partial charge in [0.1, 0.15) is 0 Å². The van der Waals surface area contributed by atoms with Crippen molar-refractivity contribution in [2.75, 3.05) is 0 Å². The summed E-state index contributed by atoms with van der Waals surface area (Å²) in [6.45, 7) is 7.12. The Labute approximate surface area is 65.0 Å². The Bertz CT molecular complexity index is 120. The van der Waals surface area contributed by atoms with Crippen molar-refractivity contribution in [2.24, 2.45) is 11.7 Å². The lowest BCUT2D eigenvalue weighted by Crippen LogP contribution is -2.27. The first kappa shape index (κ1) is 8.28. The van der Waals surface area contributed by atoms with E-state index in [0.29, 0.717) is 6.04 Å². The second-order valence-corrected chi connectivity index (χ2v) is 9.76. The molecule has 0 aromatic heterocycles. The third-order valence-corrected chi connectivity index (χ3v) is 6.02. The van der Waals surface area contributed by atoms with Gasteiger partial charge in [0.25, 0.3) is 0 Å². The van der Waals surface area contributed by atoms with Crippen molar-refractivity contribution in [3.63, 3.8) is 0 Å². The largest absolute Gasteiger partial charge is 0.328 e. The van der Waals surface area contributed by atoms with E-state index in [1.54, 1.807) is 0 Å². The summed E-state index contributed by atoms with van der Waals surface area (Å²) >= 11 is 0. The number of nitrogens with two attached hydrogens (primary N) is 1. The zero-order valence-electron chi connectivity index (χ0n) is 7.35. The molecule has 0 aromatic carbocycles. The van der Waals surface area contributed by atoms with Gasteiger partial charge in [-0.25, -0.2) is 0 Å². The van der Waals surface area contributed by atoms with Gasteiger partial charge in [0.2, 0.25) is 0 Å². The monoisotopic (exact) mass is 157 g/mol. The maximum atomic E-state index is 5.84. The van der Waals surface area contributed by atoms with Crippen molar-refractivity contribution in [1.82, 2.24) is 0 Å². The van der Waals surface area contributed by atoms with E-state index in [0.717, 1.165) is 5.92 Å². The molecule has 1 heterocycles. The Hall–Kier alpha value is 0.177. The predicted octanol–water partition coefficient (Wildman–Crippen LogP) is 2.06. The predicted molar refractivity (Wildman–Crippen MR) is 48.9 cm³/mol. The van der Waals surface area contributed by atoms with E-state index in [2.05, 4.69) is 20.0 Å². The standard InChI is InChI=1S/C8H19NSi/c1-7(9)8-4-5-10(2,3)6-8/h7-8H,4-6,9H2,1-3H3. The smallest absolute Gasteiger partial charge is 0.0477 e. The molecule has 10 heavy (non-hydrogen) atoms. The molecule has 0 amide bonds. The first-order chi connectivity index (χ1) is 4.51. The minimum Gasteiger partial charge on any atom is -0.328 e. The van der Waals surface area contributed by atoms with Gasteiger partial charge in [-0.05, 0) is 12.8 Å². The summed E-state index contributed by atoms with van der Waals surface area (Å²) in [7, 11) is -0.746. The van der Waals surface area contributed by atoms with Crippen LogP contribution in [0.25, 0.3) is 0 Å². The Balaban J connectivity index is 2.43. The van der Waals surface area contributed by atoms with Gasteiger partial charge in [-0.2, -0.15) is 0 Å². The minimum absolute atomic E-state index is 0.439. The highest BCUT2D eigenvalue weighted by molar-refractivity contribution is 6.78. The van der Waals surface area contributed by atoms with Crippen LogP contribution in [0.4, 0.5) is 0 Å². The topological polar surface area (TPSA) is 26.0 Å². The molecule has 0 saturated carbocycles. The molecule has 2 unspecified atom stereocenters. The van der Waals surface area contributed by atoms with Gasteiger partial charge in [-0.1, -0.05) is 31.6 Å². The summed E-state index contributed by atoms with van der Waals surface area (Å²) in [6, 6.07) is 3.40. The Kier molecular flexibility index (Phi) is 2.20. The summed E-state index contributed by atoms with van der Waals surface area (Å²) in [5.41, 5.74) is 5.84. The maximum absolute atomic E-state index is 5.84. The summed E-state index contributed by atoms with van der Waals surface area (Å²) in [6.07, 6.45) is 1.40. The third kappa shape index (κ3) is 1.83. The van der Waals surface area contributed by atoms with Crippen LogP contribution in [0.1, 0.15) is 13.3 Å². The van der Waals surface area contributed by atoms with E-state index >= 15 is 0 Å². The lowest BCUT2D eigenvalue weighted by molar-refractivity contribution is 0.488. The molecule has 1 aliphatic heterocycles. The molecule has 1 saturated heterocycles. The van der Waals surface area contributed by atoms with Crippen LogP contribution in [0.5, 0.6) is 0 Å². The normalized spacial score (nSPS) is 34.2. The highest BCUT2D eigenvalue weighted by Crippen LogP contribution is 2.35. The molecule has 2 heteroatoms. The molecule has 0 spiro atoms. The number of hydrogen-bond donors (Lipinski definition) is 1. The second-order valence-electron chi connectivity index (χ2n) is 4.53. The SMILES string of the molecule is CC(N)C1CC[Si](C)(C)C1. The van der Waals surface area contributed by atoms with Gasteiger partial charge >= 0.3 is 0 Å². The van der Waals surface area contributed by atoms with Crippen molar-refractivity contribution in [3.05, 3.63) is 0 Å². The quantitative estimate of drug-likeness (QED) is 0.579. The molecule has 2 N–H and O–H groups in total. The van der Waals surface area contributed by atoms with Crippen LogP contribution in [0.15, 0.2) is 0 Å². The molecule has 0 radical (unpaired) electrons. The van der Waals surface area contributed by atoms with E-state index in [4.69, 9.17) is 5.73 Å². The summed E-state index contributed by atoms with van der Waals surface area (Å²) in [5, 5.41) is 0. The van der Waals surface area contributed by atoms with Crippen LogP contribution in [0.3, 0.4) is 0 Å². The van der Waals surface area contributed by atoms with Crippen LogP contribution in [-0.2, 0) is 0 Å². The van der Waals surface area contributed by atoms with Crippen molar-refractivity contribution in [2.45, 2.75) is 44.6 Å². The first-order valence-corrected chi connectivity index (χ1v) is 7.68. The highest BCUT2D eigenvalue weighted by Gasteiger charge is 2.33. The van der Waals surface area contributed by atoms with E-state index in [-0.39, 0.29) is 0 Å². The fraction of sp³-hybridized carbons (Fsp3) is 1.00. The molecule has 0 bridgehead atoms. The van der Waals surface area contributed by atoms with Crippen LogP contribution >= 0.6 is 0 Å². The van der Waals surface area contributed by atoms with Crippen molar-refractivity contribution >= 4 is 8.07 Å². The third-order valence-electron chi connectivity index (χ3n) is 2.75. The average Bonchev–Trinajstić information content (AvgIpc) is 2.10. The van der Waals surface area contributed by atoms with Gasteiger partial charge < -0.3 is 5.73 Å². The van der Waals surface area contributed by atoms with Crippen LogP contribution in [-0.4, -0.2) is 14.1 Å². The van der Waals surface area contributed by atoms with E-state index in [1.807, 2.05) is 0 Å². The molecule has 2 atom stereocenters. The Morgan fingerprint density at radius 3 is 2.30 bits per heavy atom. The van der Waals surface area contributed by atoms with Crippen LogP contribution in [0.2, 0.25) is 25.2 Å². The second kappa shape index (κ2) is 2.66. The van der Waals surface area contributed by atoms with Crippen LogP contribution in [0, 0.1) is 5.92 Å². The van der Waals surface area contributed by atoms with Crippen molar-refractivity contribution in [1.29, 1.82) is 0 Å². The van der Waals surface area contributed by atoms with Crippen LogP contribution < -0.4 is 5.73 Å². The average molecular weight is 157 g/mol. The Morgan fingerprint density at radius 2 is 2.10 bits per heavy atom. The van der Waals surface area contributed by atoms with E-state index < -0.39 is 8.07 Å². The highest BCUT2D eigenvalue weighted by atomic mass is 28.3. The molecule has 0 aliphatic carbocycles. The Morgan fingerprint density at radius 1 is 1.50 bits per heavy atom. The molecule has 1 aliphatic rings. The molecule has 1 nitrogen and oxygen atoms in total. The molecular formula is C8H19NSi. The molecule has 1 fully saturated rings. The zero-order valence-corrected chi connectivity index (χ0v) is 8.35. The van der Waals surface area contributed by atoms with Gasteiger partial charge in [0, 0.05) is 14.1 Å². The fourth-order valence-corrected chi connectivity index (χ4v) is 5.29. The summed E-state index contributed by atoms with van der Waals surface area (Å²) < 4.78 is 0. The van der Waals surface area contributed by atoms with E-state index in [1.165, 1.54) is 18.5 Å². The number of hydrogen-bond acceptors (Lipinski definition) is 1. The minimum atomic E-state index is -0.746. The molecule has 1 rings (SSSR count). The van der Waals surface area contributed by atoms with Gasteiger partial charge in [-0.15, -0.1) is 0 Å². The molecule has 0 aromatic rings. The first-order valence-electron chi connectivity index (χ1n) is 4.27.